The Morgan fingerprint density at radius 2 is 1.97 bits per heavy atom. The van der Waals surface area contributed by atoms with Gasteiger partial charge in [0.1, 0.15) is 0 Å². The van der Waals surface area contributed by atoms with E-state index in [1.54, 1.807) is 0 Å². The van der Waals surface area contributed by atoms with E-state index in [0.29, 0.717) is 37.8 Å². The molecule has 1 unspecified atom stereocenters. The van der Waals surface area contributed by atoms with Gasteiger partial charge in [-0.25, -0.2) is 0 Å². The van der Waals surface area contributed by atoms with Crippen molar-refractivity contribution in [3.05, 3.63) is 47.1 Å². The van der Waals surface area contributed by atoms with Crippen LogP contribution < -0.4 is 5.32 Å². The molecule has 4 rings (SSSR count). The molecule has 1 N–H and O–H groups in total. The maximum absolute atomic E-state index is 13.3. The molecule has 1 fully saturated rings. The van der Waals surface area contributed by atoms with Gasteiger partial charge in [0.15, 0.2) is 5.82 Å². The van der Waals surface area contributed by atoms with Gasteiger partial charge < -0.3 is 14.7 Å². The quantitative estimate of drug-likeness (QED) is 0.651. The molecule has 1 saturated heterocycles. The lowest BCUT2D eigenvalue weighted by Gasteiger charge is -2.37. The number of likely N-dealkylation sites (tertiary alicyclic amines) is 1. The largest absolute Gasteiger partial charge is 0.356 e. The summed E-state index contributed by atoms with van der Waals surface area (Å²) in [6.45, 7) is 5.47. The average molecular weight is 426 g/mol. The van der Waals surface area contributed by atoms with Crippen molar-refractivity contribution in [3.63, 3.8) is 0 Å². The topological polar surface area (TPSA) is 91.6 Å². The molecule has 2 aliphatic heterocycles. The average Bonchev–Trinajstić information content (AvgIpc) is 3.45. The molecule has 0 radical (unpaired) electrons. The second kappa shape index (κ2) is 10.0. The summed E-state index contributed by atoms with van der Waals surface area (Å²) in [6.07, 6.45) is 4.91. The van der Waals surface area contributed by atoms with Crippen LogP contribution in [0.3, 0.4) is 0 Å². The molecular formula is C23H31N5O3. The summed E-state index contributed by atoms with van der Waals surface area (Å²) >= 11 is 0. The van der Waals surface area contributed by atoms with E-state index in [1.807, 2.05) is 17.0 Å². The van der Waals surface area contributed by atoms with Gasteiger partial charge in [0.2, 0.25) is 17.7 Å². The molecule has 1 aromatic carbocycles. The summed E-state index contributed by atoms with van der Waals surface area (Å²) < 4.78 is 5.43. The molecule has 0 spiro atoms. The number of nitrogens with zero attached hydrogens (tertiary/aromatic N) is 4. The van der Waals surface area contributed by atoms with Crippen LogP contribution >= 0.6 is 0 Å². The number of rotatable bonds is 8. The van der Waals surface area contributed by atoms with Crippen molar-refractivity contribution in [2.24, 2.45) is 0 Å². The molecule has 166 valence electrons. The molecule has 2 aromatic rings. The SMILES string of the molecule is CCCCNC(=O)Cc1noc(CN2Cc3ccccc3CC2C(=O)N2CCCC2)n1. The Hall–Kier alpha value is -2.74. The molecule has 0 bridgehead atoms. The number of hydrogen-bond acceptors (Lipinski definition) is 6. The second-order valence-electron chi connectivity index (χ2n) is 8.41. The number of hydrogen-bond donors (Lipinski definition) is 1. The molecular weight excluding hydrogens is 394 g/mol. The highest BCUT2D eigenvalue weighted by molar-refractivity contribution is 5.83. The zero-order chi connectivity index (χ0) is 21.6. The van der Waals surface area contributed by atoms with Crippen LogP contribution in [0.15, 0.2) is 28.8 Å². The Labute approximate surface area is 183 Å². The molecule has 2 amide bonds. The van der Waals surface area contributed by atoms with E-state index >= 15 is 0 Å². The Kier molecular flexibility index (Phi) is 6.96. The number of carbonyl (C=O) groups excluding carboxylic acids is 2. The van der Waals surface area contributed by atoms with Crippen molar-refractivity contribution in [1.29, 1.82) is 0 Å². The van der Waals surface area contributed by atoms with Crippen molar-refractivity contribution >= 4 is 11.8 Å². The van der Waals surface area contributed by atoms with E-state index in [9.17, 15) is 9.59 Å². The Morgan fingerprint density at radius 1 is 1.19 bits per heavy atom. The highest BCUT2D eigenvalue weighted by Crippen LogP contribution is 2.27. The first-order valence-electron chi connectivity index (χ1n) is 11.3. The molecule has 8 nitrogen and oxygen atoms in total. The molecule has 0 aliphatic carbocycles. The fourth-order valence-corrected chi connectivity index (χ4v) is 4.35. The van der Waals surface area contributed by atoms with Crippen LogP contribution in [0.4, 0.5) is 0 Å². The normalized spacial score (nSPS) is 18.7. The zero-order valence-corrected chi connectivity index (χ0v) is 18.2. The van der Waals surface area contributed by atoms with Crippen molar-refractivity contribution < 1.29 is 14.1 Å². The summed E-state index contributed by atoms with van der Waals surface area (Å²) in [5.41, 5.74) is 2.45. The minimum absolute atomic E-state index is 0.102. The zero-order valence-electron chi connectivity index (χ0n) is 18.2. The summed E-state index contributed by atoms with van der Waals surface area (Å²) in [7, 11) is 0. The minimum Gasteiger partial charge on any atom is -0.356 e. The minimum atomic E-state index is -0.235. The van der Waals surface area contributed by atoms with E-state index in [0.717, 1.165) is 38.8 Å². The van der Waals surface area contributed by atoms with Crippen LogP contribution in [-0.4, -0.2) is 57.4 Å². The third-order valence-corrected chi connectivity index (χ3v) is 6.07. The maximum atomic E-state index is 13.3. The number of benzene rings is 1. The first-order valence-corrected chi connectivity index (χ1v) is 11.3. The Bertz CT molecular complexity index is 906. The highest BCUT2D eigenvalue weighted by atomic mass is 16.5. The fraction of sp³-hybridized carbons (Fsp3) is 0.565. The standard InChI is InChI=1S/C23H31N5O3/c1-2-3-10-24-21(29)14-20-25-22(31-26-20)16-28-15-18-9-5-4-8-17(18)13-19(28)23(30)27-11-6-7-12-27/h4-5,8-9,19H,2-3,6-7,10-16H2,1H3,(H,24,29). The van der Waals surface area contributed by atoms with E-state index < -0.39 is 0 Å². The van der Waals surface area contributed by atoms with Crippen molar-refractivity contribution in [2.75, 3.05) is 19.6 Å². The number of amides is 2. The van der Waals surface area contributed by atoms with Gasteiger partial charge >= 0.3 is 0 Å². The van der Waals surface area contributed by atoms with Gasteiger partial charge in [-0.15, -0.1) is 0 Å². The van der Waals surface area contributed by atoms with Crippen LogP contribution in [-0.2, 0) is 35.5 Å². The van der Waals surface area contributed by atoms with E-state index in [-0.39, 0.29) is 24.3 Å². The van der Waals surface area contributed by atoms with E-state index in [4.69, 9.17) is 4.52 Å². The third kappa shape index (κ3) is 5.31. The summed E-state index contributed by atoms with van der Waals surface area (Å²) in [4.78, 5) is 33.8. The van der Waals surface area contributed by atoms with Crippen molar-refractivity contribution in [2.45, 2.75) is 64.6 Å². The highest BCUT2D eigenvalue weighted by Gasteiger charge is 2.35. The van der Waals surface area contributed by atoms with E-state index in [1.165, 1.54) is 11.1 Å². The summed E-state index contributed by atoms with van der Waals surface area (Å²) in [5.74, 6) is 0.899. The van der Waals surface area contributed by atoms with Crippen LogP contribution in [0.1, 0.15) is 55.4 Å². The first-order chi connectivity index (χ1) is 15.1. The second-order valence-corrected chi connectivity index (χ2v) is 8.41. The number of fused-ring (bicyclic) bond motifs is 1. The summed E-state index contributed by atoms with van der Waals surface area (Å²) in [6, 6.07) is 8.04. The van der Waals surface area contributed by atoms with Crippen LogP contribution in [0.5, 0.6) is 0 Å². The van der Waals surface area contributed by atoms with Gasteiger partial charge in [0, 0.05) is 26.2 Å². The van der Waals surface area contributed by atoms with Gasteiger partial charge in [0.25, 0.3) is 0 Å². The third-order valence-electron chi connectivity index (χ3n) is 6.07. The smallest absolute Gasteiger partial charge is 0.240 e. The van der Waals surface area contributed by atoms with Crippen molar-refractivity contribution in [1.82, 2.24) is 25.3 Å². The van der Waals surface area contributed by atoms with Gasteiger partial charge in [-0.05, 0) is 36.8 Å². The van der Waals surface area contributed by atoms with Gasteiger partial charge in [0.05, 0.1) is 19.0 Å². The molecule has 1 atom stereocenters. The summed E-state index contributed by atoms with van der Waals surface area (Å²) in [5, 5.41) is 6.84. The lowest BCUT2D eigenvalue weighted by atomic mass is 9.93. The Balaban J connectivity index is 1.44. The number of unbranched alkanes of at least 4 members (excludes halogenated alkanes) is 1. The maximum Gasteiger partial charge on any atom is 0.240 e. The predicted octanol–water partition coefficient (Wildman–Crippen LogP) is 2.08. The molecule has 2 aliphatic rings. The van der Waals surface area contributed by atoms with Gasteiger partial charge in [-0.2, -0.15) is 4.98 Å². The lowest BCUT2D eigenvalue weighted by molar-refractivity contribution is -0.137. The van der Waals surface area contributed by atoms with Crippen LogP contribution in [0.2, 0.25) is 0 Å². The van der Waals surface area contributed by atoms with Crippen LogP contribution in [0, 0.1) is 0 Å². The number of aromatic nitrogens is 2. The van der Waals surface area contributed by atoms with E-state index in [2.05, 4.69) is 39.4 Å². The number of carbonyl (C=O) groups is 2. The van der Waals surface area contributed by atoms with Gasteiger partial charge in [-0.3, -0.25) is 14.5 Å². The number of nitrogens with one attached hydrogen (secondary N) is 1. The van der Waals surface area contributed by atoms with Gasteiger partial charge in [-0.1, -0.05) is 42.8 Å². The lowest BCUT2D eigenvalue weighted by Crippen LogP contribution is -2.50. The monoisotopic (exact) mass is 425 g/mol. The van der Waals surface area contributed by atoms with Crippen molar-refractivity contribution in [3.8, 4) is 0 Å². The van der Waals surface area contributed by atoms with Crippen LogP contribution in [0.25, 0.3) is 0 Å². The molecule has 31 heavy (non-hydrogen) atoms. The molecule has 3 heterocycles. The molecule has 8 heteroatoms. The molecule has 1 aromatic heterocycles. The Morgan fingerprint density at radius 3 is 2.74 bits per heavy atom. The molecule has 0 saturated carbocycles. The predicted molar refractivity (Wildman–Crippen MR) is 115 cm³/mol. The first kappa shape index (κ1) is 21.5. The fourth-order valence-electron chi connectivity index (χ4n) is 4.35.